The van der Waals surface area contributed by atoms with Gasteiger partial charge in [-0.1, -0.05) is 12.1 Å². The van der Waals surface area contributed by atoms with E-state index in [9.17, 15) is 10.2 Å². The summed E-state index contributed by atoms with van der Waals surface area (Å²) in [5, 5.41) is 19.0. The largest absolute Gasteiger partial charge is 0.508 e. The van der Waals surface area contributed by atoms with Crippen LogP contribution >= 0.6 is 0 Å². The van der Waals surface area contributed by atoms with Gasteiger partial charge < -0.3 is 10.2 Å². The zero-order valence-corrected chi connectivity index (χ0v) is 10.3. The molecular formula is C15H16O2. The van der Waals surface area contributed by atoms with Gasteiger partial charge in [-0.3, -0.25) is 0 Å². The van der Waals surface area contributed by atoms with E-state index in [2.05, 4.69) is 26.8 Å². The predicted molar refractivity (Wildman–Crippen MR) is 69.4 cm³/mol. The smallest absolute Gasteiger partial charge is 0.119 e. The summed E-state index contributed by atoms with van der Waals surface area (Å²) in [6.45, 7) is 6.21. The minimum atomic E-state index is 0.0811. The second-order valence-electron chi connectivity index (χ2n) is 4.42. The molecule has 2 rings (SSSR count). The first-order chi connectivity index (χ1) is 7.99. The maximum atomic E-state index is 9.51. The van der Waals surface area contributed by atoms with Gasteiger partial charge in [0.2, 0.25) is 0 Å². The van der Waals surface area contributed by atoms with Gasteiger partial charge in [-0.25, -0.2) is 0 Å². The molecule has 2 aromatic rings. The Hall–Kier alpha value is -1.96. The van der Waals surface area contributed by atoms with Gasteiger partial charge in [0.15, 0.2) is 0 Å². The third-order valence-corrected chi connectivity index (χ3v) is 3.27. The molecule has 2 N–H and O–H groups in total. The Balaban J connectivity index is 2.64. The third-order valence-electron chi connectivity index (χ3n) is 3.27. The molecule has 0 saturated heterocycles. The number of rotatable bonds is 1. The summed E-state index contributed by atoms with van der Waals surface area (Å²) < 4.78 is 0. The van der Waals surface area contributed by atoms with Crippen LogP contribution in [0.5, 0.6) is 11.5 Å². The van der Waals surface area contributed by atoms with Crippen LogP contribution in [0.15, 0.2) is 30.3 Å². The van der Waals surface area contributed by atoms with Crippen molar-refractivity contribution in [2.24, 2.45) is 0 Å². The lowest BCUT2D eigenvalue weighted by atomic mass is 9.94. The van der Waals surface area contributed by atoms with Gasteiger partial charge in [0.25, 0.3) is 0 Å². The highest BCUT2D eigenvalue weighted by Crippen LogP contribution is 2.32. The van der Waals surface area contributed by atoms with Gasteiger partial charge in [0, 0.05) is 6.07 Å². The normalized spacial score (nSPS) is 10.5. The summed E-state index contributed by atoms with van der Waals surface area (Å²) >= 11 is 0. The van der Waals surface area contributed by atoms with E-state index in [1.165, 1.54) is 22.8 Å². The molecule has 0 heterocycles. The Morgan fingerprint density at radius 3 is 1.94 bits per heavy atom. The Morgan fingerprint density at radius 2 is 1.35 bits per heavy atom. The lowest BCUT2D eigenvalue weighted by Gasteiger charge is -2.12. The Kier molecular flexibility index (Phi) is 2.80. The van der Waals surface area contributed by atoms with Crippen molar-refractivity contribution in [2.45, 2.75) is 20.8 Å². The summed E-state index contributed by atoms with van der Waals surface area (Å²) in [7, 11) is 0. The Morgan fingerprint density at radius 1 is 0.765 bits per heavy atom. The van der Waals surface area contributed by atoms with Crippen LogP contribution < -0.4 is 0 Å². The zero-order valence-electron chi connectivity index (χ0n) is 10.3. The lowest BCUT2D eigenvalue weighted by molar-refractivity contribution is 0.451. The highest BCUT2D eigenvalue weighted by atomic mass is 16.3. The first-order valence-electron chi connectivity index (χ1n) is 5.59. The maximum absolute atomic E-state index is 9.51. The fraction of sp³-hybridized carbons (Fsp3) is 0.200. The molecule has 0 spiro atoms. The van der Waals surface area contributed by atoms with Crippen molar-refractivity contribution >= 4 is 0 Å². The van der Waals surface area contributed by atoms with E-state index < -0.39 is 0 Å². The first kappa shape index (κ1) is 11.5. The average molecular weight is 228 g/mol. The molecule has 0 unspecified atom stereocenters. The summed E-state index contributed by atoms with van der Waals surface area (Å²) in [6.07, 6.45) is 0. The van der Waals surface area contributed by atoms with Gasteiger partial charge in [0.05, 0.1) is 0 Å². The predicted octanol–water partition coefficient (Wildman–Crippen LogP) is 3.69. The van der Waals surface area contributed by atoms with Gasteiger partial charge >= 0.3 is 0 Å². The van der Waals surface area contributed by atoms with Gasteiger partial charge in [0.1, 0.15) is 11.5 Å². The van der Waals surface area contributed by atoms with Crippen LogP contribution in [0.3, 0.4) is 0 Å². The second kappa shape index (κ2) is 4.13. The SMILES string of the molecule is Cc1ccc(-c2cc(O)cc(O)c2)c(C)c1C. The highest BCUT2D eigenvalue weighted by molar-refractivity contribution is 5.71. The van der Waals surface area contributed by atoms with E-state index in [1.807, 2.05) is 6.07 Å². The number of phenolic OH excluding ortho intramolecular Hbond substituents is 2. The molecule has 0 atom stereocenters. The molecule has 2 aromatic carbocycles. The van der Waals surface area contributed by atoms with Crippen LogP contribution in [0.2, 0.25) is 0 Å². The van der Waals surface area contributed by atoms with E-state index in [1.54, 1.807) is 12.1 Å². The van der Waals surface area contributed by atoms with Crippen LogP contribution in [0.1, 0.15) is 16.7 Å². The van der Waals surface area contributed by atoms with Crippen molar-refractivity contribution in [2.75, 3.05) is 0 Å². The van der Waals surface area contributed by atoms with Gasteiger partial charge in [-0.15, -0.1) is 0 Å². The molecule has 2 heteroatoms. The summed E-state index contributed by atoms with van der Waals surface area (Å²) in [5.74, 6) is 0.162. The fourth-order valence-corrected chi connectivity index (χ4v) is 2.02. The Bertz CT molecular complexity index is 551. The molecule has 0 aliphatic carbocycles. The molecule has 17 heavy (non-hydrogen) atoms. The maximum Gasteiger partial charge on any atom is 0.119 e. The highest BCUT2D eigenvalue weighted by Gasteiger charge is 2.08. The zero-order chi connectivity index (χ0) is 12.6. The molecule has 0 fully saturated rings. The van der Waals surface area contributed by atoms with Crippen molar-refractivity contribution in [3.63, 3.8) is 0 Å². The summed E-state index contributed by atoms with van der Waals surface area (Å²) in [5.41, 5.74) is 5.54. The fourth-order valence-electron chi connectivity index (χ4n) is 2.02. The number of hydrogen-bond acceptors (Lipinski definition) is 2. The Labute approximate surface area is 101 Å². The summed E-state index contributed by atoms with van der Waals surface area (Å²) in [4.78, 5) is 0. The van der Waals surface area contributed by atoms with Crippen LogP contribution in [0, 0.1) is 20.8 Å². The van der Waals surface area contributed by atoms with Crippen molar-refractivity contribution in [3.8, 4) is 22.6 Å². The van der Waals surface area contributed by atoms with E-state index in [-0.39, 0.29) is 11.5 Å². The molecule has 0 aromatic heterocycles. The standard InChI is InChI=1S/C15H16O2/c1-9-4-5-15(11(3)10(9)2)12-6-13(16)8-14(17)7-12/h4-8,16-17H,1-3H3. The second-order valence-corrected chi connectivity index (χ2v) is 4.42. The number of aromatic hydroxyl groups is 2. The molecule has 88 valence electrons. The molecule has 0 radical (unpaired) electrons. The lowest BCUT2D eigenvalue weighted by Crippen LogP contribution is -1.90. The van der Waals surface area contributed by atoms with Crippen molar-refractivity contribution in [1.29, 1.82) is 0 Å². The number of aryl methyl sites for hydroxylation is 1. The van der Waals surface area contributed by atoms with Crippen molar-refractivity contribution < 1.29 is 10.2 Å². The number of phenols is 2. The summed E-state index contributed by atoms with van der Waals surface area (Å²) in [6, 6.07) is 8.73. The average Bonchev–Trinajstić information content (AvgIpc) is 2.24. The van der Waals surface area contributed by atoms with Crippen LogP contribution in [0.4, 0.5) is 0 Å². The number of hydrogen-bond donors (Lipinski definition) is 2. The van der Waals surface area contributed by atoms with Gasteiger partial charge in [-0.2, -0.15) is 0 Å². The van der Waals surface area contributed by atoms with E-state index in [4.69, 9.17) is 0 Å². The van der Waals surface area contributed by atoms with Crippen molar-refractivity contribution in [3.05, 3.63) is 47.0 Å². The molecule has 2 nitrogen and oxygen atoms in total. The number of benzene rings is 2. The van der Waals surface area contributed by atoms with E-state index in [0.717, 1.165) is 11.1 Å². The molecular weight excluding hydrogens is 212 g/mol. The van der Waals surface area contributed by atoms with E-state index in [0.29, 0.717) is 0 Å². The molecule has 0 aliphatic rings. The van der Waals surface area contributed by atoms with Gasteiger partial charge in [-0.05, 0) is 60.7 Å². The molecule has 0 aliphatic heterocycles. The van der Waals surface area contributed by atoms with Crippen LogP contribution in [-0.4, -0.2) is 10.2 Å². The molecule has 0 amide bonds. The minimum absolute atomic E-state index is 0.0811. The first-order valence-corrected chi connectivity index (χ1v) is 5.59. The third kappa shape index (κ3) is 2.11. The monoisotopic (exact) mass is 228 g/mol. The van der Waals surface area contributed by atoms with Crippen molar-refractivity contribution in [1.82, 2.24) is 0 Å². The topological polar surface area (TPSA) is 40.5 Å². The molecule has 0 bridgehead atoms. The quantitative estimate of drug-likeness (QED) is 0.781. The minimum Gasteiger partial charge on any atom is -0.508 e. The van der Waals surface area contributed by atoms with Crippen LogP contribution in [0.25, 0.3) is 11.1 Å². The van der Waals surface area contributed by atoms with Crippen LogP contribution in [-0.2, 0) is 0 Å². The van der Waals surface area contributed by atoms with E-state index >= 15 is 0 Å². The molecule has 0 saturated carbocycles.